The van der Waals surface area contributed by atoms with Gasteiger partial charge in [0.25, 0.3) is 0 Å². The molecule has 0 spiro atoms. The number of unbranched alkanes of at least 4 members (excludes halogenated alkanes) is 1. The van der Waals surface area contributed by atoms with Crippen molar-refractivity contribution in [2.45, 2.75) is 12.8 Å². The van der Waals surface area contributed by atoms with Gasteiger partial charge in [0.1, 0.15) is 5.75 Å². The van der Waals surface area contributed by atoms with Crippen LogP contribution in [0.2, 0.25) is 0 Å². The van der Waals surface area contributed by atoms with Gasteiger partial charge in [-0.05, 0) is 31.0 Å². The van der Waals surface area contributed by atoms with Crippen LogP contribution in [0.15, 0.2) is 28.7 Å². The van der Waals surface area contributed by atoms with Crippen LogP contribution in [0, 0.1) is 0 Å². The molecule has 78 valence electrons. The predicted octanol–water partition coefficient (Wildman–Crippen LogP) is 3.25. The van der Waals surface area contributed by atoms with Crippen LogP contribution in [0.3, 0.4) is 0 Å². The highest BCUT2D eigenvalue weighted by molar-refractivity contribution is 9.10. The fourth-order valence-electron chi connectivity index (χ4n) is 1.10. The van der Waals surface area contributed by atoms with Gasteiger partial charge in [-0.1, -0.05) is 22.0 Å². The maximum atomic E-state index is 5.55. The fraction of sp³-hybridized carbons (Fsp3) is 0.455. The van der Waals surface area contributed by atoms with E-state index in [1.807, 2.05) is 24.3 Å². The van der Waals surface area contributed by atoms with Crippen molar-refractivity contribution in [3.63, 3.8) is 0 Å². The lowest BCUT2D eigenvalue weighted by Crippen LogP contribution is -1.99. The Labute approximate surface area is 93.4 Å². The molecule has 0 saturated carbocycles. The number of ether oxygens (including phenoxy) is 2. The molecule has 1 rings (SSSR count). The minimum atomic E-state index is 0.750. The lowest BCUT2D eigenvalue weighted by Gasteiger charge is -2.05. The molecule has 14 heavy (non-hydrogen) atoms. The smallest absolute Gasteiger partial charge is 0.120 e. The van der Waals surface area contributed by atoms with Gasteiger partial charge in [-0.25, -0.2) is 0 Å². The lowest BCUT2D eigenvalue weighted by molar-refractivity contribution is 0.184. The Morgan fingerprint density at radius 2 is 2.00 bits per heavy atom. The van der Waals surface area contributed by atoms with Crippen molar-refractivity contribution < 1.29 is 9.47 Å². The van der Waals surface area contributed by atoms with Crippen LogP contribution >= 0.6 is 15.9 Å². The summed E-state index contributed by atoms with van der Waals surface area (Å²) in [5.74, 6) is 0.914. The molecular weight excluding hydrogens is 244 g/mol. The number of hydrogen-bond donors (Lipinski definition) is 0. The van der Waals surface area contributed by atoms with E-state index in [4.69, 9.17) is 9.47 Å². The molecule has 0 unspecified atom stereocenters. The van der Waals surface area contributed by atoms with Crippen LogP contribution in [0.1, 0.15) is 12.8 Å². The van der Waals surface area contributed by atoms with Crippen molar-refractivity contribution in [3.8, 4) is 5.75 Å². The van der Waals surface area contributed by atoms with Gasteiger partial charge in [0.15, 0.2) is 0 Å². The highest BCUT2D eigenvalue weighted by Crippen LogP contribution is 2.17. The third-order valence-corrected chi connectivity index (χ3v) is 2.30. The summed E-state index contributed by atoms with van der Waals surface area (Å²) in [5, 5.41) is 0. The van der Waals surface area contributed by atoms with E-state index in [0.29, 0.717) is 0 Å². The normalized spacial score (nSPS) is 10.1. The molecule has 0 radical (unpaired) electrons. The standard InChI is InChI=1S/C11H15BrO2/c1-13-7-2-3-8-14-11-6-4-5-10(12)9-11/h4-6,9H,2-3,7-8H2,1H3. The topological polar surface area (TPSA) is 18.5 Å². The minimum Gasteiger partial charge on any atom is -0.494 e. The monoisotopic (exact) mass is 258 g/mol. The molecule has 0 bridgehead atoms. The Bertz CT molecular complexity index is 263. The quantitative estimate of drug-likeness (QED) is 0.730. The van der Waals surface area contributed by atoms with E-state index >= 15 is 0 Å². The average Bonchev–Trinajstić information content (AvgIpc) is 2.18. The van der Waals surface area contributed by atoms with Crippen LogP contribution in [-0.2, 0) is 4.74 Å². The SMILES string of the molecule is COCCCCOc1cccc(Br)c1. The minimum absolute atomic E-state index is 0.750. The predicted molar refractivity (Wildman–Crippen MR) is 60.7 cm³/mol. The molecule has 0 aromatic heterocycles. The van der Waals surface area contributed by atoms with E-state index in [2.05, 4.69) is 15.9 Å². The van der Waals surface area contributed by atoms with E-state index in [-0.39, 0.29) is 0 Å². The Hall–Kier alpha value is -0.540. The van der Waals surface area contributed by atoms with Gasteiger partial charge in [-0.15, -0.1) is 0 Å². The van der Waals surface area contributed by atoms with Gasteiger partial charge < -0.3 is 9.47 Å². The molecule has 0 atom stereocenters. The second-order valence-corrected chi connectivity index (χ2v) is 3.92. The Balaban J connectivity index is 2.18. The second kappa shape index (κ2) is 6.85. The van der Waals surface area contributed by atoms with Crippen LogP contribution in [-0.4, -0.2) is 20.3 Å². The molecule has 0 aliphatic rings. The van der Waals surface area contributed by atoms with E-state index in [0.717, 1.165) is 36.3 Å². The maximum Gasteiger partial charge on any atom is 0.120 e. The van der Waals surface area contributed by atoms with Crippen molar-refractivity contribution in [3.05, 3.63) is 28.7 Å². The summed E-state index contributed by atoms with van der Waals surface area (Å²) in [6, 6.07) is 7.88. The summed E-state index contributed by atoms with van der Waals surface area (Å²) in [5.41, 5.74) is 0. The first kappa shape index (κ1) is 11.5. The molecule has 1 aromatic rings. The third-order valence-electron chi connectivity index (χ3n) is 1.81. The Morgan fingerprint density at radius 1 is 1.21 bits per heavy atom. The maximum absolute atomic E-state index is 5.55. The van der Waals surface area contributed by atoms with Crippen molar-refractivity contribution >= 4 is 15.9 Å². The highest BCUT2D eigenvalue weighted by atomic mass is 79.9. The average molecular weight is 259 g/mol. The Kier molecular flexibility index (Phi) is 5.64. The largest absolute Gasteiger partial charge is 0.494 e. The number of hydrogen-bond acceptors (Lipinski definition) is 2. The van der Waals surface area contributed by atoms with Crippen molar-refractivity contribution in [1.82, 2.24) is 0 Å². The first-order chi connectivity index (χ1) is 6.83. The van der Waals surface area contributed by atoms with Crippen molar-refractivity contribution in [2.75, 3.05) is 20.3 Å². The molecule has 0 saturated heterocycles. The molecule has 3 heteroatoms. The van der Waals surface area contributed by atoms with Gasteiger partial charge >= 0.3 is 0 Å². The first-order valence-electron chi connectivity index (χ1n) is 4.70. The van der Waals surface area contributed by atoms with Crippen molar-refractivity contribution in [1.29, 1.82) is 0 Å². The fourth-order valence-corrected chi connectivity index (χ4v) is 1.47. The van der Waals surface area contributed by atoms with Crippen LogP contribution in [0.25, 0.3) is 0 Å². The summed E-state index contributed by atoms with van der Waals surface area (Å²) in [7, 11) is 1.72. The second-order valence-electron chi connectivity index (χ2n) is 3.01. The molecule has 0 aliphatic heterocycles. The molecule has 0 N–H and O–H groups in total. The van der Waals surface area contributed by atoms with Gasteiger partial charge in [-0.3, -0.25) is 0 Å². The summed E-state index contributed by atoms with van der Waals surface area (Å²) in [4.78, 5) is 0. The Morgan fingerprint density at radius 3 is 2.71 bits per heavy atom. The molecule has 2 nitrogen and oxygen atoms in total. The third kappa shape index (κ3) is 4.63. The molecule has 1 aromatic carbocycles. The van der Waals surface area contributed by atoms with Gasteiger partial charge in [0, 0.05) is 18.2 Å². The first-order valence-corrected chi connectivity index (χ1v) is 5.49. The van der Waals surface area contributed by atoms with E-state index in [9.17, 15) is 0 Å². The van der Waals surface area contributed by atoms with Crippen molar-refractivity contribution in [2.24, 2.45) is 0 Å². The lowest BCUT2D eigenvalue weighted by atomic mass is 10.3. The number of benzene rings is 1. The highest BCUT2D eigenvalue weighted by Gasteiger charge is 1.94. The summed E-state index contributed by atoms with van der Waals surface area (Å²) >= 11 is 3.40. The number of halogens is 1. The van der Waals surface area contributed by atoms with E-state index in [1.54, 1.807) is 7.11 Å². The van der Waals surface area contributed by atoms with Crippen LogP contribution in [0.5, 0.6) is 5.75 Å². The molecule has 0 aliphatic carbocycles. The zero-order chi connectivity index (χ0) is 10.2. The van der Waals surface area contributed by atoms with Crippen LogP contribution < -0.4 is 4.74 Å². The molecule has 0 amide bonds. The summed E-state index contributed by atoms with van der Waals surface area (Å²) in [6.07, 6.45) is 2.07. The molecule has 0 fully saturated rings. The number of methoxy groups -OCH3 is 1. The van der Waals surface area contributed by atoms with Gasteiger partial charge in [0.2, 0.25) is 0 Å². The van der Waals surface area contributed by atoms with Gasteiger partial charge in [-0.2, -0.15) is 0 Å². The zero-order valence-electron chi connectivity index (χ0n) is 8.33. The van der Waals surface area contributed by atoms with Gasteiger partial charge in [0.05, 0.1) is 6.61 Å². The summed E-state index contributed by atoms with van der Waals surface area (Å²) < 4.78 is 11.5. The number of rotatable bonds is 6. The van der Waals surface area contributed by atoms with Crippen LogP contribution in [0.4, 0.5) is 0 Å². The molecule has 0 heterocycles. The summed E-state index contributed by atoms with van der Waals surface area (Å²) in [6.45, 7) is 1.56. The molecular formula is C11H15BrO2. The van der Waals surface area contributed by atoms with E-state index < -0.39 is 0 Å². The zero-order valence-corrected chi connectivity index (χ0v) is 9.92. The van der Waals surface area contributed by atoms with E-state index in [1.165, 1.54) is 0 Å².